The zero-order valence-electron chi connectivity index (χ0n) is 21.6. The number of aryl methyl sites for hydroxylation is 3. The lowest BCUT2D eigenvalue weighted by Gasteiger charge is -2.30. The molecule has 38 heavy (non-hydrogen) atoms. The summed E-state index contributed by atoms with van der Waals surface area (Å²) >= 11 is 3.50. The smallest absolute Gasteiger partial charge is 0.261 e. The summed E-state index contributed by atoms with van der Waals surface area (Å²) in [5, 5.41) is 13.9. The van der Waals surface area contributed by atoms with Crippen LogP contribution in [-0.2, 0) is 4.79 Å². The third-order valence-electron chi connectivity index (χ3n) is 6.64. The van der Waals surface area contributed by atoms with Gasteiger partial charge in [0.1, 0.15) is 17.4 Å². The summed E-state index contributed by atoms with van der Waals surface area (Å²) < 4.78 is 2.63. The van der Waals surface area contributed by atoms with E-state index in [-0.39, 0.29) is 11.8 Å². The number of carbonyl (C=O) groups is 2. The molecule has 1 aromatic heterocycles. The first-order valence-electron chi connectivity index (χ1n) is 12.3. The summed E-state index contributed by atoms with van der Waals surface area (Å²) in [6.45, 7) is 7.83. The van der Waals surface area contributed by atoms with Gasteiger partial charge in [-0.2, -0.15) is 5.10 Å². The summed E-state index contributed by atoms with van der Waals surface area (Å²) in [7, 11) is 0. The first-order valence-corrected chi connectivity index (χ1v) is 13.1. The van der Waals surface area contributed by atoms with Crippen LogP contribution < -0.4 is 16.0 Å². The van der Waals surface area contributed by atoms with Crippen LogP contribution in [0, 0.1) is 20.8 Å². The number of nitrogens with one attached hydrogen (secondary N) is 3. The molecule has 0 fully saturated rings. The van der Waals surface area contributed by atoms with E-state index in [0.29, 0.717) is 28.3 Å². The number of fused-ring (bicyclic) bond motifs is 1. The molecule has 1 aliphatic heterocycles. The van der Waals surface area contributed by atoms with Crippen LogP contribution >= 0.6 is 15.9 Å². The minimum Gasteiger partial charge on any atom is -0.343 e. The van der Waals surface area contributed by atoms with Crippen LogP contribution in [0.2, 0.25) is 0 Å². The molecule has 2 heterocycles. The number of carbonyl (C=O) groups excluding carboxylic acids is 2. The lowest BCUT2D eigenvalue weighted by molar-refractivity contribution is -0.113. The molecular formula is C30H28BrN5O2. The lowest BCUT2D eigenvalue weighted by Crippen LogP contribution is -2.32. The third kappa shape index (κ3) is 4.99. The largest absolute Gasteiger partial charge is 0.343 e. The van der Waals surface area contributed by atoms with Crippen molar-refractivity contribution in [3.63, 3.8) is 0 Å². The van der Waals surface area contributed by atoms with Crippen molar-refractivity contribution in [3.8, 4) is 0 Å². The molecule has 0 bridgehead atoms. The van der Waals surface area contributed by atoms with Gasteiger partial charge in [-0.05, 0) is 69.2 Å². The van der Waals surface area contributed by atoms with Gasteiger partial charge in [0.2, 0.25) is 0 Å². The van der Waals surface area contributed by atoms with Gasteiger partial charge in [0.15, 0.2) is 0 Å². The predicted molar refractivity (Wildman–Crippen MR) is 155 cm³/mol. The summed E-state index contributed by atoms with van der Waals surface area (Å²) in [4.78, 5) is 27.0. The molecule has 0 aliphatic carbocycles. The molecule has 0 unspecified atom stereocenters. The van der Waals surface area contributed by atoms with E-state index in [1.807, 2.05) is 94.4 Å². The molecule has 0 saturated heterocycles. The molecule has 7 nitrogen and oxygen atoms in total. The van der Waals surface area contributed by atoms with Crippen molar-refractivity contribution in [2.45, 2.75) is 33.7 Å². The van der Waals surface area contributed by atoms with E-state index >= 15 is 0 Å². The minimum absolute atomic E-state index is 0.235. The molecule has 1 atom stereocenters. The molecule has 5 rings (SSSR count). The van der Waals surface area contributed by atoms with Gasteiger partial charge < -0.3 is 16.0 Å². The maximum absolute atomic E-state index is 13.7. The zero-order valence-corrected chi connectivity index (χ0v) is 23.2. The molecule has 4 aromatic rings. The Bertz CT molecular complexity index is 1570. The Balaban J connectivity index is 1.53. The van der Waals surface area contributed by atoms with Crippen LogP contribution in [0.1, 0.15) is 45.6 Å². The van der Waals surface area contributed by atoms with Gasteiger partial charge in [0.25, 0.3) is 11.8 Å². The fourth-order valence-electron chi connectivity index (χ4n) is 4.65. The highest BCUT2D eigenvalue weighted by Gasteiger charge is 2.35. The Morgan fingerprint density at radius 2 is 1.55 bits per heavy atom. The molecule has 1 aliphatic rings. The Morgan fingerprint density at radius 1 is 0.868 bits per heavy atom. The van der Waals surface area contributed by atoms with E-state index in [1.54, 1.807) is 4.68 Å². The highest BCUT2D eigenvalue weighted by atomic mass is 79.9. The number of hydrogen-bond acceptors (Lipinski definition) is 4. The number of amides is 2. The van der Waals surface area contributed by atoms with Crippen LogP contribution in [0.4, 0.5) is 17.2 Å². The summed E-state index contributed by atoms with van der Waals surface area (Å²) in [5.74, 6) is 0.0120. The van der Waals surface area contributed by atoms with E-state index in [9.17, 15) is 9.59 Å². The monoisotopic (exact) mass is 569 g/mol. The van der Waals surface area contributed by atoms with Gasteiger partial charge in [-0.25, -0.2) is 4.68 Å². The Morgan fingerprint density at radius 3 is 2.24 bits per heavy atom. The first kappa shape index (κ1) is 25.5. The molecular weight excluding hydrogens is 542 g/mol. The molecule has 0 spiro atoms. The maximum Gasteiger partial charge on any atom is 0.261 e. The first-order chi connectivity index (χ1) is 18.2. The van der Waals surface area contributed by atoms with Gasteiger partial charge in [-0.15, -0.1) is 0 Å². The number of rotatable bonds is 5. The van der Waals surface area contributed by atoms with Gasteiger partial charge in [-0.1, -0.05) is 63.5 Å². The van der Waals surface area contributed by atoms with Crippen LogP contribution in [0.25, 0.3) is 0 Å². The van der Waals surface area contributed by atoms with Crippen molar-refractivity contribution in [1.82, 2.24) is 9.78 Å². The SMILES string of the molecule is CC1=C(C(=O)Nc2ccc(C)cc2C)[C@@H](c2ccc(Br)cc2)n2ncc(C(=O)Nc3ccc(C)cc3)c2N1. The molecule has 3 N–H and O–H groups in total. The second-order valence-corrected chi connectivity index (χ2v) is 10.5. The average Bonchev–Trinajstić information content (AvgIpc) is 3.30. The van der Waals surface area contributed by atoms with Gasteiger partial charge in [0, 0.05) is 21.5 Å². The molecule has 8 heteroatoms. The van der Waals surface area contributed by atoms with E-state index in [4.69, 9.17) is 0 Å². The predicted octanol–water partition coefficient (Wildman–Crippen LogP) is 6.75. The highest BCUT2D eigenvalue weighted by Crippen LogP contribution is 2.38. The number of benzene rings is 3. The third-order valence-corrected chi connectivity index (χ3v) is 7.17. The summed E-state index contributed by atoms with van der Waals surface area (Å²) in [6.07, 6.45) is 1.54. The highest BCUT2D eigenvalue weighted by molar-refractivity contribution is 9.10. The number of aromatic nitrogens is 2. The normalized spacial score (nSPS) is 14.5. The fraction of sp³-hybridized carbons (Fsp3) is 0.167. The van der Waals surface area contributed by atoms with E-state index in [1.165, 1.54) is 6.20 Å². The van der Waals surface area contributed by atoms with E-state index < -0.39 is 6.04 Å². The Hall–Kier alpha value is -4.17. The summed E-state index contributed by atoms with van der Waals surface area (Å²) in [5.41, 5.74) is 7.09. The van der Waals surface area contributed by atoms with E-state index in [2.05, 4.69) is 37.0 Å². The van der Waals surface area contributed by atoms with Gasteiger partial charge in [0.05, 0.1) is 11.8 Å². The van der Waals surface area contributed by atoms with Crippen molar-refractivity contribution in [2.24, 2.45) is 0 Å². The minimum atomic E-state index is -0.536. The fourth-order valence-corrected chi connectivity index (χ4v) is 4.91. The maximum atomic E-state index is 13.7. The second-order valence-electron chi connectivity index (χ2n) is 9.56. The number of anilines is 3. The topological polar surface area (TPSA) is 88.0 Å². The molecule has 0 radical (unpaired) electrons. The number of hydrogen-bond donors (Lipinski definition) is 3. The molecule has 0 saturated carbocycles. The Labute approximate surface area is 230 Å². The van der Waals surface area contributed by atoms with Crippen LogP contribution in [0.15, 0.2) is 88.7 Å². The number of halogens is 1. The standard InChI is InChI=1S/C30H28BrN5O2/c1-17-5-12-23(13-6-17)34-29(37)24-16-32-36-27(21-8-10-22(31)11-9-21)26(20(4)33-28(24)36)30(38)35-25-14-7-18(2)15-19(25)3/h5-16,27,33H,1-4H3,(H,34,37)(H,35,38)/t27-/m1/s1. The van der Waals surface area contributed by atoms with Crippen LogP contribution in [-0.4, -0.2) is 21.6 Å². The number of nitrogens with zero attached hydrogens (tertiary/aromatic N) is 2. The number of allylic oxidation sites excluding steroid dienone is 1. The molecule has 192 valence electrons. The zero-order chi connectivity index (χ0) is 27.0. The van der Waals surface area contributed by atoms with Crippen molar-refractivity contribution >= 4 is 44.9 Å². The lowest BCUT2D eigenvalue weighted by atomic mass is 9.94. The summed E-state index contributed by atoms with van der Waals surface area (Å²) in [6, 6.07) is 20.8. The van der Waals surface area contributed by atoms with Crippen molar-refractivity contribution in [1.29, 1.82) is 0 Å². The van der Waals surface area contributed by atoms with Crippen LogP contribution in [0.5, 0.6) is 0 Å². The molecule has 2 amide bonds. The molecule has 3 aromatic carbocycles. The van der Waals surface area contributed by atoms with Crippen molar-refractivity contribution in [2.75, 3.05) is 16.0 Å². The van der Waals surface area contributed by atoms with E-state index in [0.717, 1.165) is 32.4 Å². The van der Waals surface area contributed by atoms with Crippen molar-refractivity contribution < 1.29 is 9.59 Å². The quantitative estimate of drug-likeness (QED) is 0.248. The Kier molecular flexibility index (Phi) is 6.91. The average molecular weight is 570 g/mol. The van der Waals surface area contributed by atoms with Crippen molar-refractivity contribution in [3.05, 3.63) is 116 Å². The van der Waals surface area contributed by atoms with Gasteiger partial charge in [-0.3, -0.25) is 9.59 Å². The van der Waals surface area contributed by atoms with Crippen LogP contribution in [0.3, 0.4) is 0 Å². The van der Waals surface area contributed by atoms with Gasteiger partial charge >= 0.3 is 0 Å². The second kappa shape index (κ2) is 10.3.